The molecule has 20 heavy (non-hydrogen) atoms. The molecule has 2 aromatic carbocycles. The highest BCUT2D eigenvalue weighted by molar-refractivity contribution is 6.59. The van der Waals surface area contributed by atoms with E-state index in [4.69, 9.17) is 46.4 Å². The number of phenolic OH excluding ortho intramolecular Hbond substituents is 2. The molecule has 0 aliphatic rings. The topological polar surface area (TPSA) is 40.5 Å². The van der Waals surface area contributed by atoms with Crippen molar-refractivity contribution in [3.63, 3.8) is 0 Å². The zero-order valence-electron chi connectivity index (χ0n) is 9.87. The van der Waals surface area contributed by atoms with Crippen molar-refractivity contribution in [2.45, 2.75) is 0 Å². The number of benzene rings is 2. The van der Waals surface area contributed by atoms with E-state index in [2.05, 4.69) is 0 Å². The predicted octanol–water partition coefficient (Wildman–Crippen LogP) is 5.60. The number of halogens is 4. The van der Waals surface area contributed by atoms with Gasteiger partial charge in [0, 0.05) is 16.2 Å². The lowest BCUT2D eigenvalue weighted by atomic mass is 9.98. The Morgan fingerprint density at radius 1 is 0.800 bits per heavy atom. The quantitative estimate of drug-likeness (QED) is 0.693. The first-order valence-electron chi connectivity index (χ1n) is 5.44. The van der Waals surface area contributed by atoms with E-state index in [1.165, 1.54) is 12.1 Å². The maximum Gasteiger partial charge on any atom is 0.177 e. The molecule has 2 aromatic rings. The highest BCUT2D eigenvalue weighted by Crippen LogP contribution is 2.43. The fourth-order valence-corrected chi connectivity index (χ4v) is 2.44. The van der Waals surface area contributed by atoms with Crippen LogP contribution in [0.4, 0.5) is 0 Å². The van der Waals surface area contributed by atoms with Gasteiger partial charge in [0.1, 0.15) is 4.49 Å². The molecule has 0 fully saturated rings. The average Bonchev–Trinajstić information content (AvgIpc) is 2.41. The minimum atomic E-state index is -0.426. The molecular formula is C14H8Cl4O2. The van der Waals surface area contributed by atoms with Crippen molar-refractivity contribution < 1.29 is 10.2 Å². The summed E-state index contributed by atoms with van der Waals surface area (Å²) in [6.07, 6.45) is 0. The first-order chi connectivity index (χ1) is 9.41. The SMILES string of the molecule is Oc1c(Cl)ccc(C(=C(Cl)Cl)c2ccc(Cl)cc2)c1O. The van der Waals surface area contributed by atoms with Crippen LogP contribution >= 0.6 is 46.4 Å². The van der Waals surface area contributed by atoms with Crippen LogP contribution in [-0.4, -0.2) is 10.2 Å². The Kier molecular flexibility index (Phi) is 4.71. The van der Waals surface area contributed by atoms with E-state index in [0.29, 0.717) is 16.2 Å². The molecule has 0 atom stereocenters. The van der Waals surface area contributed by atoms with E-state index < -0.39 is 5.75 Å². The monoisotopic (exact) mass is 348 g/mol. The fourth-order valence-electron chi connectivity index (χ4n) is 1.74. The average molecular weight is 350 g/mol. The number of phenols is 2. The number of hydrogen-bond donors (Lipinski definition) is 2. The van der Waals surface area contributed by atoms with Gasteiger partial charge in [0.15, 0.2) is 11.5 Å². The van der Waals surface area contributed by atoms with Gasteiger partial charge in [-0.3, -0.25) is 0 Å². The lowest BCUT2D eigenvalue weighted by Crippen LogP contribution is -1.90. The lowest BCUT2D eigenvalue weighted by Gasteiger charge is -2.12. The fraction of sp³-hybridized carbons (Fsp3) is 0. The molecule has 0 aromatic heterocycles. The Morgan fingerprint density at radius 3 is 1.95 bits per heavy atom. The second-order valence-corrected chi connectivity index (χ2v) is 5.73. The normalized spacial score (nSPS) is 10.4. The summed E-state index contributed by atoms with van der Waals surface area (Å²) in [6.45, 7) is 0. The van der Waals surface area contributed by atoms with Gasteiger partial charge in [-0.1, -0.05) is 58.5 Å². The summed E-state index contributed by atoms with van der Waals surface area (Å²) >= 11 is 23.4. The maximum absolute atomic E-state index is 10.0. The Labute approximate surface area is 135 Å². The van der Waals surface area contributed by atoms with E-state index in [1.807, 2.05) is 0 Å². The van der Waals surface area contributed by atoms with Crippen LogP contribution in [0.1, 0.15) is 11.1 Å². The Bertz CT molecular complexity index is 674. The molecule has 0 radical (unpaired) electrons. The highest BCUT2D eigenvalue weighted by atomic mass is 35.5. The first-order valence-corrected chi connectivity index (χ1v) is 6.95. The van der Waals surface area contributed by atoms with Crippen LogP contribution in [0, 0.1) is 0 Å². The summed E-state index contributed by atoms with van der Waals surface area (Å²) < 4.78 is -0.0515. The van der Waals surface area contributed by atoms with E-state index in [1.54, 1.807) is 24.3 Å². The molecule has 2 rings (SSSR count). The van der Waals surface area contributed by atoms with E-state index >= 15 is 0 Å². The van der Waals surface area contributed by atoms with Gasteiger partial charge in [0.25, 0.3) is 0 Å². The summed E-state index contributed by atoms with van der Waals surface area (Å²) in [5.41, 5.74) is 1.29. The van der Waals surface area contributed by atoms with E-state index in [9.17, 15) is 10.2 Å². The van der Waals surface area contributed by atoms with Crippen molar-refractivity contribution >= 4 is 52.0 Å². The molecule has 0 aliphatic heterocycles. The van der Waals surface area contributed by atoms with Crippen LogP contribution in [0.2, 0.25) is 10.0 Å². The summed E-state index contributed by atoms with van der Waals surface area (Å²) in [6, 6.07) is 9.70. The van der Waals surface area contributed by atoms with E-state index in [-0.39, 0.29) is 20.8 Å². The van der Waals surface area contributed by atoms with Crippen LogP contribution in [0.5, 0.6) is 11.5 Å². The molecule has 0 unspecified atom stereocenters. The number of aromatic hydroxyl groups is 2. The van der Waals surface area contributed by atoms with Crippen LogP contribution in [0.15, 0.2) is 40.9 Å². The van der Waals surface area contributed by atoms with Gasteiger partial charge in [-0.2, -0.15) is 0 Å². The molecule has 104 valence electrons. The first kappa shape index (κ1) is 15.3. The standard InChI is InChI=1S/C14H8Cl4O2/c15-8-3-1-7(2-4-8)11(14(17)18)9-5-6-10(16)13(20)12(9)19/h1-6,19-20H. The molecule has 0 aliphatic carbocycles. The third-order valence-electron chi connectivity index (χ3n) is 2.69. The third kappa shape index (κ3) is 2.99. The number of rotatable bonds is 2. The summed E-state index contributed by atoms with van der Waals surface area (Å²) in [7, 11) is 0. The Hall–Kier alpha value is -1.06. The van der Waals surface area contributed by atoms with Gasteiger partial charge in [-0.15, -0.1) is 0 Å². The third-order valence-corrected chi connectivity index (χ3v) is 3.63. The largest absolute Gasteiger partial charge is 0.504 e. The lowest BCUT2D eigenvalue weighted by molar-refractivity contribution is 0.403. The molecule has 2 nitrogen and oxygen atoms in total. The van der Waals surface area contributed by atoms with E-state index in [0.717, 1.165) is 0 Å². The van der Waals surface area contributed by atoms with Crippen molar-refractivity contribution in [1.82, 2.24) is 0 Å². The summed E-state index contributed by atoms with van der Waals surface area (Å²) in [5.74, 6) is -0.813. The van der Waals surface area contributed by atoms with Crippen molar-refractivity contribution in [2.24, 2.45) is 0 Å². The molecule has 0 bridgehead atoms. The summed E-state index contributed by atoms with van der Waals surface area (Å²) in [5, 5.41) is 20.3. The zero-order valence-corrected chi connectivity index (χ0v) is 12.9. The zero-order chi connectivity index (χ0) is 14.9. The molecule has 0 saturated carbocycles. The minimum absolute atomic E-state index is 0.0346. The molecule has 6 heteroatoms. The van der Waals surface area contributed by atoms with Gasteiger partial charge < -0.3 is 10.2 Å². The Balaban J connectivity index is 2.65. The Morgan fingerprint density at radius 2 is 1.40 bits per heavy atom. The second-order valence-electron chi connectivity index (χ2n) is 3.93. The van der Waals surface area contributed by atoms with Crippen molar-refractivity contribution in [1.29, 1.82) is 0 Å². The minimum Gasteiger partial charge on any atom is -0.504 e. The van der Waals surface area contributed by atoms with Crippen LogP contribution < -0.4 is 0 Å². The smallest absolute Gasteiger partial charge is 0.177 e. The van der Waals surface area contributed by atoms with Crippen molar-refractivity contribution in [3.05, 3.63) is 62.1 Å². The molecule has 0 spiro atoms. The van der Waals surface area contributed by atoms with Gasteiger partial charge in [0.05, 0.1) is 5.02 Å². The van der Waals surface area contributed by atoms with Crippen molar-refractivity contribution in [2.75, 3.05) is 0 Å². The van der Waals surface area contributed by atoms with Gasteiger partial charge in [-0.25, -0.2) is 0 Å². The summed E-state index contributed by atoms with van der Waals surface area (Å²) in [4.78, 5) is 0. The second kappa shape index (κ2) is 6.15. The van der Waals surface area contributed by atoms with Gasteiger partial charge in [-0.05, 0) is 29.8 Å². The maximum atomic E-state index is 10.0. The predicted molar refractivity (Wildman–Crippen MR) is 84.0 cm³/mol. The van der Waals surface area contributed by atoms with Gasteiger partial charge >= 0.3 is 0 Å². The molecular weight excluding hydrogens is 342 g/mol. The number of hydrogen-bond acceptors (Lipinski definition) is 2. The highest BCUT2D eigenvalue weighted by Gasteiger charge is 2.17. The van der Waals surface area contributed by atoms with Crippen molar-refractivity contribution in [3.8, 4) is 11.5 Å². The molecule has 0 heterocycles. The van der Waals surface area contributed by atoms with Crippen LogP contribution in [0.3, 0.4) is 0 Å². The van der Waals surface area contributed by atoms with Gasteiger partial charge in [0.2, 0.25) is 0 Å². The van der Waals surface area contributed by atoms with Crippen LogP contribution in [0.25, 0.3) is 5.57 Å². The molecule has 2 N–H and O–H groups in total. The van der Waals surface area contributed by atoms with Crippen LogP contribution in [-0.2, 0) is 0 Å². The molecule has 0 amide bonds. The molecule has 0 saturated heterocycles.